The van der Waals surface area contributed by atoms with Crippen LogP contribution in [-0.4, -0.2) is 31.7 Å². The van der Waals surface area contributed by atoms with Crippen molar-refractivity contribution in [2.24, 2.45) is 0 Å². The topological polar surface area (TPSA) is 50.3 Å². The summed E-state index contributed by atoms with van der Waals surface area (Å²) >= 11 is 7.38. The van der Waals surface area contributed by atoms with Crippen LogP contribution in [0.4, 0.5) is 13.9 Å². The molecule has 0 N–H and O–H groups in total. The van der Waals surface area contributed by atoms with Gasteiger partial charge in [-0.05, 0) is 88.2 Å². The Kier molecular flexibility index (Phi) is 7.53. The average molecular weight is 634 g/mol. The maximum Gasteiger partial charge on any atom is 0.185 e. The van der Waals surface area contributed by atoms with E-state index in [2.05, 4.69) is 69.7 Å². The molecule has 0 bridgehead atoms. The molecular weight excluding hydrogens is 610 g/mol. The SMILES string of the molecule is Cc1cc(C)c(Cc2csc(N3CCC(S(=O)(=O)c4c(F)c(Br)cc(F)c4Br)CC3)n2)c(C)c1. The highest BCUT2D eigenvalue weighted by Crippen LogP contribution is 2.37. The summed E-state index contributed by atoms with van der Waals surface area (Å²) in [5.74, 6) is -1.79. The second-order valence-electron chi connectivity index (χ2n) is 8.70. The zero-order valence-corrected chi connectivity index (χ0v) is 23.8. The van der Waals surface area contributed by atoms with E-state index in [9.17, 15) is 17.2 Å². The molecule has 0 radical (unpaired) electrons. The van der Waals surface area contributed by atoms with E-state index in [1.807, 2.05) is 5.38 Å². The van der Waals surface area contributed by atoms with E-state index in [0.717, 1.165) is 23.3 Å². The van der Waals surface area contributed by atoms with Crippen molar-refractivity contribution in [2.45, 2.75) is 50.2 Å². The fourth-order valence-corrected chi connectivity index (χ4v) is 8.76. The molecule has 3 aromatic rings. The van der Waals surface area contributed by atoms with Crippen LogP contribution in [0.5, 0.6) is 0 Å². The second kappa shape index (κ2) is 9.95. The van der Waals surface area contributed by atoms with E-state index < -0.39 is 31.6 Å². The maximum absolute atomic E-state index is 14.7. The fraction of sp³-hybridized carbons (Fsp3) is 0.375. The number of thiazole rings is 1. The largest absolute Gasteiger partial charge is 0.348 e. The minimum absolute atomic E-state index is 0.210. The zero-order chi connectivity index (χ0) is 24.8. The van der Waals surface area contributed by atoms with E-state index in [1.165, 1.54) is 22.3 Å². The Hall–Kier alpha value is -1.36. The zero-order valence-electron chi connectivity index (χ0n) is 19.0. The predicted molar refractivity (Wildman–Crippen MR) is 140 cm³/mol. The van der Waals surface area contributed by atoms with E-state index in [0.29, 0.717) is 25.9 Å². The number of piperidine rings is 1. The first-order valence-corrected chi connectivity index (χ1v) is 14.8. The van der Waals surface area contributed by atoms with E-state index >= 15 is 0 Å². The first kappa shape index (κ1) is 25.7. The van der Waals surface area contributed by atoms with E-state index in [4.69, 9.17) is 4.98 Å². The molecule has 0 amide bonds. The van der Waals surface area contributed by atoms with Crippen molar-refractivity contribution in [3.63, 3.8) is 0 Å². The number of aromatic nitrogens is 1. The van der Waals surface area contributed by atoms with E-state index in [1.54, 1.807) is 11.3 Å². The van der Waals surface area contributed by atoms with Crippen molar-refractivity contribution in [2.75, 3.05) is 18.0 Å². The molecule has 0 atom stereocenters. The molecule has 1 saturated heterocycles. The highest BCUT2D eigenvalue weighted by molar-refractivity contribution is 9.11. The Balaban J connectivity index is 1.48. The average Bonchev–Trinajstić information content (AvgIpc) is 3.24. The minimum Gasteiger partial charge on any atom is -0.348 e. The Morgan fingerprint density at radius 1 is 1.09 bits per heavy atom. The molecule has 4 nitrogen and oxygen atoms in total. The molecule has 1 aromatic heterocycles. The lowest BCUT2D eigenvalue weighted by Gasteiger charge is -2.31. The van der Waals surface area contributed by atoms with Gasteiger partial charge in [-0.25, -0.2) is 22.2 Å². The third-order valence-corrected chi connectivity index (χ3v) is 11.1. The van der Waals surface area contributed by atoms with E-state index in [-0.39, 0.29) is 8.95 Å². The Labute approximate surface area is 219 Å². The fourth-order valence-electron chi connectivity index (χ4n) is 4.52. The number of hydrogen-bond donors (Lipinski definition) is 0. The molecule has 0 aliphatic carbocycles. The Bertz CT molecular complexity index is 1300. The van der Waals surface area contributed by atoms with Crippen LogP contribution >= 0.6 is 43.2 Å². The van der Waals surface area contributed by atoms with Gasteiger partial charge in [-0.1, -0.05) is 17.7 Å². The molecule has 4 rings (SSSR count). The summed E-state index contributed by atoms with van der Waals surface area (Å²) < 4.78 is 54.6. The number of hydrogen-bond acceptors (Lipinski definition) is 5. The lowest BCUT2D eigenvalue weighted by Crippen LogP contribution is -2.39. The van der Waals surface area contributed by atoms with Gasteiger partial charge in [0.15, 0.2) is 20.8 Å². The van der Waals surface area contributed by atoms with Crippen LogP contribution in [0.3, 0.4) is 0 Å². The number of aryl methyl sites for hydroxylation is 3. The summed E-state index contributed by atoms with van der Waals surface area (Å²) in [5, 5.41) is 2.11. The third-order valence-electron chi connectivity index (χ3n) is 6.25. The van der Waals surface area contributed by atoms with Crippen LogP contribution in [-0.2, 0) is 16.3 Å². The molecule has 2 aromatic carbocycles. The van der Waals surface area contributed by atoms with Crippen LogP contribution in [0.1, 0.15) is 40.8 Å². The first-order valence-electron chi connectivity index (χ1n) is 10.8. The number of anilines is 1. The lowest BCUT2D eigenvalue weighted by atomic mass is 9.96. The molecule has 0 saturated carbocycles. The standard InChI is InChI=1S/C24H24Br2F2N2O2S2/c1-13-8-14(2)18(15(3)9-13)10-16-12-33-24(29-16)30-6-4-17(5-7-30)34(31,32)23-21(26)20(27)11-19(25)22(23)28/h8-9,11-12,17H,4-7,10H2,1-3H3. The van der Waals surface area contributed by atoms with Gasteiger partial charge >= 0.3 is 0 Å². The number of sulfone groups is 1. The number of nitrogens with zero attached hydrogens (tertiary/aromatic N) is 2. The smallest absolute Gasteiger partial charge is 0.185 e. The van der Waals surface area contributed by atoms with Gasteiger partial charge < -0.3 is 4.90 Å². The monoisotopic (exact) mass is 632 g/mol. The van der Waals surface area contributed by atoms with Crippen molar-refractivity contribution < 1.29 is 17.2 Å². The van der Waals surface area contributed by atoms with Gasteiger partial charge in [0.05, 0.1) is 19.9 Å². The van der Waals surface area contributed by atoms with Gasteiger partial charge in [-0.2, -0.15) is 0 Å². The van der Waals surface area contributed by atoms with Gasteiger partial charge in [0.1, 0.15) is 10.7 Å². The minimum atomic E-state index is -4.06. The van der Waals surface area contributed by atoms with Gasteiger partial charge in [-0.15, -0.1) is 11.3 Å². The highest BCUT2D eigenvalue weighted by atomic mass is 79.9. The lowest BCUT2D eigenvalue weighted by molar-refractivity contribution is 0.512. The van der Waals surface area contributed by atoms with Crippen LogP contribution in [0.25, 0.3) is 0 Å². The normalized spacial score (nSPS) is 15.2. The Morgan fingerprint density at radius 3 is 2.32 bits per heavy atom. The number of benzene rings is 2. The summed E-state index contributed by atoms with van der Waals surface area (Å²) in [6.07, 6.45) is 1.38. The molecule has 0 spiro atoms. The molecule has 2 heterocycles. The molecule has 1 fully saturated rings. The quantitative estimate of drug-likeness (QED) is 0.287. The first-order chi connectivity index (χ1) is 16.0. The highest BCUT2D eigenvalue weighted by Gasteiger charge is 2.37. The number of halogens is 4. The summed E-state index contributed by atoms with van der Waals surface area (Å²) in [7, 11) is -4.06. The third kappa shape index (κ3) is 4.96. The van der Waals surface area contributed by atoms with Crippen molar-refractivity contribution in [1.82, 2.24) is 4.98 Å². The van der Waals surface area contributed by atoms with Crippen LogP contribution in [0.15, 0.2) is 37.4 Å². The molecule has 182 valence electrons. The van der Waals surface area contributed by atoms with Crippen LogP contribution in [0.2, 0.25) is 0 Å². The molecule has 1 aliphatic heterocycles. The van der Waals surface area contributed by atoms with Crippen LogP contribution in [0, 0.1) is 32.4 Å². The molecular formula is C24H24Br2F2N2O2S2. The van der Waals surface area contributed by atoms with Crippen molar-refractivity contribution in [1.29, 1.82) is 0 Å². The number of rotatable bonds is 5. The summed E-state index contributed by atoms with van der Waals surface area (Å²) in [5.41, 5.74) is 6.01. The molecule has 34 heavy (non-hydrogen) atoms. The van der Waals surface area contributed by atoms with Crippen LogP contribution < -0.4 is 4.90 Å². The summed E-state index contributed by atoms with van der Waals surface area (Å²) in [6.45, 7) is 7.29. The summed E-state index contributed by atoms with van der Waals surface area (Å²) in [4.78, 5) is 6.26. The molecule has 10 heteroatoms. The van der Waals surface area contributed by atoms with Gasteiger partial charge in [0.25, 0.3) is 0 Å². The van der Waals surface area contributed by atoms with Gasteiger partial charge in [0, 0.05) is 24.9 Å². The predicted octanol–water partition coefficient (Wildman–Crippen LogP) is 6.91. The second-order valence-corrected chi connectivity index (χ2v) is 13.4. The van der Waals surface area contributed by atoms with Gasteiger partial charge in [0.2, 0.25) is 0 Å². The van der Waals surface area contributed by atoms with Crippen molar-refractivity contribution >= 4 is 58.2 Å². The van der Waals surface area contributed by atoms with Crippen molar-refractivity contribution in [3.8, 4) is 0 Å². The summed E-state index contributed by atoms with van der Waals surface area (Å²) in [6, 6.07) is 5.28. The van der Waals surface area contributed by atoms with Crippen molar-refractivity contribution in [3.05, 3.63) is 72.1 Å². The molecule has 0 unspecified atom stereocenters. The Morgan fingerprint density at radius 2 is 1.71 bits per heavy atom. The molecule has 1 aliphatic rings. The van der Waals surface area contributed by atoms with Gasteiger partial charge in [-0.3, -0.25) is 0 Å². The maximum atomic E-state index is 14.7.